The van der Waals surface area contributed by atoms with Gasteiger partial charge in [0.1, 0.15) is 5.75 Å². The molecule has 0 N–H and O–H groups in total. The van der Waals surface area contributed by atoms with Gasteiger partial charge in [-0.2, -0.15) is 17.5 Å². The van der Waals surface area contributed by atoms with E-state index in [1.807, 2.05) is 19.1 Å². The second-order valence-corrected chi connectivity index (χ2v) is 9.03. The van der Waals surface area contributed by atoms with Crippen LogP contribution in [0.3, 0.4) is 0 Å². The first kappa shape index (κ1) is 23.8. The van der Waals surface area contributed by atoms with E-state index in [4.69, 9.17) is 4.74 Å². The van der Waals surface area contributed by atoms with E-state index in [2.05, 4.69) is 0 Å². The summed E-state index contributed by atoms with van der Waals surface area (Å²) in [5.74, 6) is 0.462. The van der Waals surface area contributed by atoms with E-state index in [0.29, 0.717) is 12.7 Å². The van der Waals surface area contributed by atoms with Gasteiger partial charge in [0, 0.05) is 32.3 Å². The van der Waals surface area contributed by atoms with Gasteiger partial charge in [-0.25, -0.2) is 8.42 Å². The van der Waals surface area contributed by atoms with Crippen molar-refractivity contribution in [3.63, 3.8) is 0 Å². The third-order valence-corrected chi connectivity index (χ3v) is 6.85. The highest BCUT2D eigenvalue weighted by molar-refractivity contribution is 7.89. The number of carbonyl (C=O) groups is 1. The first-order valence-electron chi connectivity index (χ1n) is 9.98. The maximum absolute atomic E-state index is 12.9. The molecule has 0 unspecified atom stereocenters. The maximum Gasteiger partial charge on any atom is 0.416 e. The second-order valence-electron chi connectivity index (χ2n) is 7.09. The minimum absolute atomic E-state index is 0.00120. The lowest BCUT2D eigenvalue weighted by Gasteiger charge is -2.33. The van der Waals surface area contributed by atoms with Gasteiger partial charge in [0.2, 0.25) is 15.9 Å². The number of benzene rings is 2. The Labute approximate surface area is 184 Å². The molecule has 0 spiro atoms. The fourth-order valence-electron chi connectivity index (χ4n) is 3.25. The Morgan fingerprint density at radius 2 is 1.72 bits per heavy atom. The van der Waals surface area contributed by atoms with Crippen LogP contribution < -0.4 is 4.74 Å². The molecule has 1 saturated heterocycles. The van der Waals surface area contributed by atoms with Crippen LogP contribution in [0.5, 0.6) is 5.75 Å². The molecule has 1 heterocycles. The number of ether oxygens (including phenoxy) is 1. The molecule has 0 radical (unpaired) electrons. The number of halogens is 3. The molecule has 6 nitrogen and oxygen atoms in total. The molecule has 2 aromatic carbocycles. The molecule has 0 bridgehead atoms. The van der Waals surface area contributed by atoms with Gasteiger partial charge in [-0.1, -0.05) is 18.2 Å². The van der Waals surface area contributed by atoms with Crippen molar-refractivity contribution in [2.24, 2.45) is 0 Å². The Bertz CT molecular complexity index is 1080. The lowest BCUT2D eigenvalue weighted by molar-refractivity contribution is -0.137. The van der Waals surface area contributed by atoms with Gasteiger partial charge in [-0.05, 0) is 48.9 Å². The van der Waals surface area contributed by atoms with E-state index < -0.39 is 26.7 Å². The summed E-state index contributed by atoms with van der Waals surface area (Å²) in [4.78, 5) is 13.5. The molecular formula is C22H23F3N2O4S. The van der Waals surface area contributed by atoms with Crippen LogP contribution in [0.1, 0.15) is 18.1 Å². The van der Waals surface area contributed by atoms with Crippen molar-refractivity contribution >= 4 is 22.0 Å². The van der Waals surface area contributed by atoms with Gasteiger partial charge < -0.3 is 9.64 Å². The van der Waals surface area contributed by atoms with Crippen molar-refractivity contribution in [1.82, 2.24) is 9.21 Å². The lowest BCUT2D eigenvalue weighted by Crippen LogP contribution is -2.50. The van der Waals surface area contributed by atoms with Crippen molar-refractivity contribution in [3.05, 3.63) is 65.7 Å². The van der Waals surface area contributed by atoms with Crippen LogP contribution in [-0.2, 0) is 21.0 Å². The first-order chi connectivity index (χ1) is 15.1. The normalized spacial score (nSPS) is 15.8. The molecule has 1 aliphatic rings. The third kappa shape index (κ3) is 5.68. The smallest absolute Gasteiger partial charge is 0.416 e. The number of hydrogen-bond donors (Lipinski definition) is 0. The molecule has 1 fully saturated rings. The van der Waals surface area contributed by atoms with E-state index in [0.717, 1.165) is 33.8 Å². The number of amides is 1. The Morgan fingerprint density at radius 3 is 2.31 bits per heavy atom. The molecule has 1 amide bonds. The van der Waals surface area contributed by atoms with Gasteiger partial charge in [0.05, 0.1) is 17.1 Å². The van der Waals surface area contributed by atoms with Crippen LogP contribution in [0.4, 0.5) is 13.2 Å². The number of nitrogens with zero attached hydrogens (tertiary/aromatic N) is 2. The summed E-state index contributed by atoms with van der Waals surface area (Å²) in [6.07, 6.45) is -1.57. The van der Waals surface area contributed by atoms with Gasteiger partial charge in [0.25, 0.3) is 0 Å². The van der Waals surface area contributed by atoms with Crippen LogP contribution >= 0.6 is 0 Å². The van der Waals surface area contributed by atoms with Crippen LogP contribution in [-0.4, -0.2) is 56.3 Å². The highest BCUT2D eigenvalue weighted by Crippen LogP contribution is 2.31. The number of carbonyl (C=O) groups excluding carboxylic acids is 1. The van der Waals surface area contributed by atoms with Crippen molar-refractivity contribution < 1.29 is 31.1 Å². The monoisotopic (exact) mass is 468 g/mol. The molecular weight excluding hydrogens is 445 g/mol. The largest absolute Gasteiger partial charge is 0.494 e. The number of rotatable bonds is 6. The predicted octanol–water partition coefficient (Wildman–Crippen LogP) is 3.65. The van der Waals surface area contributed by atoms with E-state index in [9.17, 15) is 26.4 Å². The van der Waals surface area contributed by atoms with Crippen LogP contribution in [0.25, 0.3) is 6.08 Å². The average molecular weight is 468 g/mol. The van der Waals surface area contributed by atoms with Crippen LogP contribution in [0, 0.1) is 0 Å². The van der Waals surface area contributed by atoms with Gasteiger partial charge in [-0.3, -0.25) is 4.79 Å². The number of hydrogen-bond acceptors (Lipinski definition) is 4. The van der Waals surface area contributed by atoms with E-state index in [1.54, 1.807) is 18.2 Å². The molecule has 0 atom stereocenters. The summed E-state index contributed by atoms with van der Waals surface area (Å²) in [6.45, 7) is 2.73. The molecule has 3 rings (SSSR count). The standard InChI is InChI=1S/C22H23F3N2O4S/c1-2-31-19-9-6-17(7-10-19)8-11-21(28)26-12-14-27(15-13-26)32(29,30)20-5-3-4-18(16-20)22(23,24)25/h3-11,16H,2,12-15H2,1H3/b11-8+. The number of piperazine rings is 1. The summed E-state index contributed by atoms with van der Waals surface area (Å²) in [5.41, 5.74) is -0.209. The summed E-state index contributed by atoms with van der Waals surface area (Å²) in [6, 6.07) is 10.9. The summed E-state index contributed by atoms with van der Waals surface area (Å²) in [7, 11) is -4.09. The number of alkyl halides is 3. The second kappa shape index (κ2) is 9.74. The molecule has 172 valence electrons. The highest BCUT2D eigenvalue weighted by atomic mass is 32.2. The van der Waals surface area contributed by atoms with Crippen LogP contribution in [0.2, 0.25) is 0 Å². The minimum Gasteiger partial charge on any atom is -0.494 e. The molecule has 0 saturated carbocycles. The van der Waals surface area contributed by atoms with Gasteiger partial charge in [0.15, 0.2) is 0 Å². The van der Waals surface area contributed by atoms with Gasteiger partial charge >= 0.3 is 6.18 Å². The fourth-order valence-corrected chi connectivity index (χ4v) is 4.71. The molecule has 0 aliphatic carbocycles. The SMILES string of the molecule is CCOc1ccc(/C=C/C(=O)N2CCN(S(=O)(=O)c3cccc(C(F)(F)F)c3)CC2)cc1. The maximum atomic E-state index is 12.9. The van der Waals surface area contributed by atoms with E-state index in [1.165, 1.54) is 11.0 Å². The molecule has 1 aliphatic heterocycles. The molecule has 32 heavy (non-hydrogen) atoms. The minimum atomic E-state index is -4.63. The molecule has 2 aromatic rings. The van der Waals surface area contributed by atoms with Crippen molar-refractivity contribution in [1.29, 1.82) is 0 Å². The predicted molar refractivity (Wildman–Crippen MR) is 113 cm³/mol. The number of sulfonamides is 1. The zero-order valence-electron chi connectivity index (χ0n) is 17.4. The summed E-state index contributed by atoms with van der Waals surface area (Å²) in [5, 5.41) is 0. The quantitative estimate of drug-likeness (QED) is 0.607. The molecule has 0 aromatic heterocycles. The average Bonchev–Trinajstić information content (AvgIpc) is 2.78. The topological polar surface area (TPSA) is 66.9 Å². The van der Waals surface area contributed by atoms with Gasteiger partial charge in [-0.15, -0.1) is 0 Å². The Balaban J connectivity index is 1.61. The van der Waals surface area contributed by atoms with Crippen molar-refractivity contribution in [2.75, 3.05) is 32.8 Å². The zero-order valence-corrected chi connectivity index (χ0v) is 18.2. The third-order valence-electron chi connectivity index (χ3n) is 4.96. The van der Waals surface area contributed by atoms with E-state index in [-0.39, 0.29) is 32.1 Å². The Kier molecular flexibility index (Phi) is 7.25. The zero-order chi connectivity index (χ0) is 23.4. The first-order valence-corrected chi connectivity index (χ1v) is 11.4. The van der Waals surface area contributed by atoms with Crippen molar-refractivity contribution in [3.8, 4) is 5.75 Å². The van der Waals surface area contributed by atoms with Crippen molar-refractivity contribution in [2.45, 2.75) is 18.0 Å². The van der Waals surface area contributed by atoms with E-state index >= 15 is 0 Å². The van der Waals surface area contributed by atoms with Crippen LogP contribution in [0.15, 0.2) is 59.5 Å². The highest BCUT2D eigenvalue weighted by Gasteiger charge is 2.34. The lowest BCUT2D eigenvalue weighted by atomic mass is 10.2. The molecule has 10 heteroatoms. The Morgan fingerprint density at radius 1 is 1.06 bits per heavy atom. The summed E-state index contributed by atoms with van der Waals surface area (Å²) >= 11 is 0. The fraction of sp³-hybridized carbons (Fsp3) is 0.318. The summed E-state index contributed by atoms with van der Waals surface area (Å²) < 4.78 is 70.8. The Hall–Kier alpha value is -2.85.